The number of nitrogens with two attached hydrogens (primary N) is 1. The lowest BCUT2D eigenvalue weighted by atomic mass is 9.92. The quantitative estimate of drug-likeness (QED) is 0.692. The molecule has 0 unspecified atom stereocenters. The maximum absolute atomic E-state index is 14.9. The Kier molecular flexibility index (Phi) is 4.63. The predicted molar refractivity (Wildman–Crippen MR) is 118 cm³/mol. The number of carbonyl (C=O) groups is 1. The van der Waals surface area contributed by atoms with Gasteiger partial charge in [-0.3, -0.25) is 9.79 Å². The molecule has 1 atom stereocenters. The molecule has 2 aromatic carbocycles. The molecular formula is C21H21BrFN3O3S. The van der Waals surface area contributed by atoms with Gasteiger partial charge in [0.05, 0.1) is 12.3 Å². The van der Waals surface area contributed by atoms with Crippen LogP contribution in [0.1, 0.15) is 42.3 Å². The van der Waals surface area contributed by atoms with E-state index in [-0.39, 0.29) is 23.1 Å². The molecule has 1 amide bonds. The van der Waals surface area contributed by atoms with Gasteiger partial charge in [-0.25, -0.2) is 12.8 Å². The van der Waals surface area contributed by atoms with Crippen LogP contribution in [-0.2, 0) is 21.9 Å². The average Bonchev–Trinajstić information content (AvgIpc) is 2.96. The van der Waals surface area contributed by atoms with Gasteiger partial charge in [-0.15, -0.1) is 0 Å². The van der Waals surface area contributed by atoms with Gasteiger partial charge >= 0.3 is 0 Å². The second-order valence-electron chi connectivity index (χ2n) is 8.40. The van der Waals surface area contributed by atoms with Crippen molar-refractivity contribution < 1.29 is 17.6 Å². The zero-order valence-electron chi connectivity index (χ0n) is 16.7. The third-order valence-electron chi connectivity index (χ3n) is 5.95. The van der Waals surface area contributed by atoms with Gasteiger partial charge in [0, 0.05) is 21.3 Å². The van der Waals surface area contributed by atoms with Crippen LogP contribution in [0.2, 0.25) is 0 Å². The Morgan fingerprint density at radius 2 is 1.87 bits per heavy atom. The van der Waals surface area contributed by atoms with E-state index in [0.717, 1.165) is 10.0 Å². The third-order valence-corrected chi connectivity index (χ3v) is 9.15. The number of sulfone groups is 1. The van der Waals surface area contributed by atoms with Crippen molar-refractivity contribution in [2.24, 2.45) is 10.7 Å². The van der Waals surface area contributed by atoms with E-state index < -0.39 is 25.9 Å². The lowest BCUT2D eigenvalue weighted by Crippen LogP contribution is -2.55. The first-order valence-corrected chi connectivity index (χ1v) is 11.8. The number of carbonyl (C=O) groups excluding carboxylic acids is 1. The normalized spacial score (nSPS) is 24.5. The van der Waals surface area contributed by atoms with E-state index in [1.807, 2.05) is 6.07 Å². The zero-order valence-corrected chi connectivity index (χ0v) is 19.1. The minimum Gasteiger partial charge on any atom is -0.386 e. The molecule has 0 spiro atoms. The van der Waals surface area contributed by atoms with Crippen molar-refractivity contribution in [3.05, 3.63) is 63.4 Å². The van der Waals surface area contributed by atoms with Crippen LogP contribution in [0, 0.1) is 5.82 Å². The van der Waals surface area contributed by atoms with Crippen LogP contribution in [0.25, 0.3) is 0 Å². The van der Waals surface area contributed by atoms with E-state index in [1.165, 1.54) is 36.9 Å². The number of rotatable bonds is 2. The van der Waals surface area contributed by atoms with Gasteiger partial charge in [-0.1, -0.05) is 15.9 Å². The SMILES string of the molecule is CC1(C)C(N)=N[C@@](C)(c2cc(N3Cc4cc(Br)ccc4C3=O)ccc2F)CS1(=O)=O. The molecular weight excluding hydrogens is 473 g/mol. The van der Waals surface area contributed by atoms with Crippen LogP contribution >= 0.6 is 15.9 Å². The summed E-state index contributed by atoms with van der Waals surface area (Å²) in [6.07, 6.45) is 0. The molecule has 2 aromatic rings. The Hall–Kier alpha value is -2.26. The average molecular weight is 494 g/mol. The molecule has 2 N–H and O–H groups in total. The highest BCUT2D eigenvalue weighted by Crippen LogP contribution is 2.40. The number of amides is 1. The van der Waals surface area contributed by atoms with Crippen molar-refractivity contribution in [1.29, 1.82) is 0 Å². The molecule has 6 nitrogen and oxygen atoms in total. The molecule has 0 saturated heterocycles. The van der Waals surface area contributed by atoms with E-state index in [1.54, 1.807) is 19.1 Å². The number of halogens is 2. The van der Waals surface area contributed by atoms with E-state index in [0.29, 0.717) is 17.8 Å². The number of anilines is 1. The lowest BCUT2D eigenvalue weighted by molar-refractivity contribution is 0.0996. The van der Waals surface area contributed by atoms with Crippen LogP contribution in [0.4, 0.5) is 10.1 Å². The summed E-state index contributed by atoms with van der Waals surface area (Å²) in [6, 6.07) is 9.66. The molecule has 30 heavy (non-hydrogen) atoms. The van der Waals surface area contributed by atoms with Crippen molar-refractivity contribution >= 4 is 43.2 Å². The van der Waals surface area contributed by atoms with Gasteiger partial charge in [0.2, 0.25) is 0 Å². The van der Waals surface area contributed by atoms with Crippen molar-refractivity contribution in [3.8, 4) is 0 Å². The molecule has 158 valence electrons. The standard InChI is InChI=1S/C21H21BrFN3O3S/c1-20(2)19(24)25-21(3,11-30(20,28)29)16-9-14(5-7-17(16)23)26-10-12-8-13(22)4-6-15(12)18(26)27/h4-9H,10-11H2,1-3H3,(H2,24,25)/t21-/m1/s1. The molecule has 2 aliphatic rings. The van der Waals surface area contributed by atoms with Gasteiger partial charge in [0.15, 0.2) is 9.84 Å². The van der Waals surface area contributed by atoms with Gasteiger partial charge in [0.1, 0.15) is 21.9 Å². The highest BCUT2D eigenvalue weighted by atomic mass is 79.9. The summed E-state index contributed by atoms with van der Waals surface area (Å²) in [5, 5.41) is 0. The molecule has 4 rings (SSSR count). The van der Waals surface area contributed by atoms with Crippen molar-refractivity contribution in [2.75, 3.05) is 10.7 Å². The van der Waals surface area contributed by atoms with Crippen LogP contribution in [0.3, 0.4) is 0 Å². The Morgan fingerprint density at radius 1 is 1.17 bits per heavy atom. The molecule has 2 heterocycles. The van der Waals surface area contributed by atoms with Gasteiger partial charge in [0.25, 0.3) is 5.91 Å². The number of aliphatic imine (C=N–C) groups is 1. The number of hydrogen-bond acceptors (Lipinski definition) is 5. The van der Waals surface area contributed by atoms with Crippen LogP contribution in [0.15, 0.2) is 45.9 Å². The Bertz CT molecular complexity index is 1230. The second kappa shape index (κ2) is 6.62. The Balaban J connectivity index is 1.79. The van der Waals surface area contributed by atoms with Crippen LogP contribution in [-0.4, -0.2) is 30.7 Å². The third kappa shape index (κ3) is 3.06. The summed E-state index contributed by atoms with van der Waals surface area (Å²) in [4.78, 5) is 18.8. The Morgan fingerprint density at radius 3 is 2.53 bits per heavy atom. The number of amidine groups is 1. The molecule has 0 aliphatic carbocycles. The summed E-state index contributed by atoms with van der Waals surface area (Å²) in [7, 11) is -3.68. The number of nitrogens with zero attached hydrogens (tertiary/aromatic N) is 2. The van der Waals surface area contributed by atoms with E-state index in [2.05, 4.69) is 20.9 Å². The monoisotopic (exact) mass is 493 g/mol. The van der Waals surface area contributed by atoms with E-state index in [4.69, 9.17) is 5.73 Å². The highest BCUT2D eigenvalue weighted by molar-refractivity contribution is 9.10. The van der Waals surface area contributed by atoms with Crippen molar-refractivity contribution in [2.45, 2.75) is 37.6 Å². The highest BCUT2D eigenvalue weighted by Gasteiger charge is 2.49. The van der Waals surface area contributed by atoms with E-state index >= 15 is 0 Å². The zero-order chi connectivity index (χ0) is 22.1. The van der Waals surface area contributed by atoms with Gasteiger partial charge < -0.3 is 10.6 Å². The number of benzene rings is 2. The van der Waals surface area contributed by atoms with Crippen LogP contribution < -0.4 is 10.6 Å². The molecule has 0 bridgehead atoms. The molecule has 0 fully saturated rings. The fourth-order valence-corrected chi connectivity index (χ4v) is 5.97. The lowest BCUT2D eigenvalue weighted by Gasteiger charge is -2.38. The predicted octanol–water partition coefficient (Wildman–Crippen LogP) is 3.53. The van der Waals surface area contributed by atoms with Crippen LogP contribution in [0.5, 0.6) is 0 Å². The first-order valence-electron chi connectivity index (χ1n) is 9.34. The van der Waals surface area contributed by atoms with Crippen molar-refractivity contribution in [3.63, 3.8) is 0 Å². The minimum atomic E-state index is -3.68. The van der Waals surface area contributed by atoms with Gasteiger partial charge in [-0.05, 0) is 62.7 Å². The summed E-state index contributed by atoms with van der Waals surface area (Å²) in [5.41, 5.74) is 6.60. The molecule has 0 radical (unpaired) electrons. The summed E-state index contributed by atoms with van der Waals surface area (Å²) in [5.74, 6) is -1.23. The molecule has 0 aromatic heterocycles. The summed E-state index contributed by atoms with van der Waals surface area (Å²) >= 11 is 3.40. The van der Waals surface area contributed by atoms with Crippen molar-refractivity contribution in [1.82, 2.24) is 0 Å². The Labute approximate surface area is 183 Å². The molecule has 9 heteroatoms. The fraction of sp³-hybridized carbons (Fsp3) is 0.333. The van der Waals surface area contributed by atoms with Gasteiger partial charge in [-0.2, -0.15) is 0 Å². The smallest absolute Gasteiger partial charge is 0.258 e. The second-order valence-corrected chi connectivity index (χ2v) is 11.9. The molecule has 0 saturated carbocycles. The summed E-state index contributed by atoms with van der Waals surface area (Å²) in [6.45, 7) is 4.87. The van der Waals surface area contributed by atoms with E-state index in [9.17, 15) is 17.6 Å². The topological polar surface area (TPSA) is 92.8 Å². The summed E-state index contributed by atoms with van der Waals surface area (Å²) < 4.78 is 40.1. The fourth-order valence-electron chi connectivity index (χ4n) is 3.87. The minimum absolute atomic E-state index is 0.0597. The maximum Gasteiger partial charge on any atom is 0.258 e. The first kappa shape index (κ1) is 21.0. The largest absolute Gasteiger partial charge is 0.386 e. The number of fused-ring (bicyclic) bond motifs is 1. The number of hydrogen-bond donors (Lipinski definition) is 1. The molecule has 2 aliphatic heterocycles. The first-order chi connectivity index (χ1) is 13.9. The maximum atomic E-state index is 14.9.